The third-order valence-electron chi connectivity index (χ3n) is 4.94. The van der Waals surface area contributed by atoms with Crippen LogP contribution in [0.4, 0.5) is 0 Å². The summed E-state index contributed by atoms with van der Waals surface area (Å²) < 4.78 is 2.72. The lowest BCUT2D eigenvalue weighted by molar-refractivity contribution is 0.0689. The Morgan fingerprint density at radius 3 is 2.40 bits per heavy atom. The summed E-state index contributed by atoms with van der Waals surface area (Å²) >= 11 is 0. The molecule has 0 aliphatic rings. The first-order valence-corrected chi connectivity index (χ1v) is 9.52. The minimum Gasteiger partial charge on any atom is -0.505 e. The lowest BCUT2D eigenvalue weighted by Crippen LogP contribution is -2.38. The van der Waals surface area contributed by atoms with Gasteiger partial charge in [0, 0.05) is 24.8 Å². The molecule has 3 rings (SSSR count). The van der Waals surface area contributed by atoms with Crippen molar-refractivity contribution in [2.24, 2.45) is 7.05 Å². The second-order valence-electron chi connectivity index (χ2n) is 7.98. The van der Waals surface area contributed by atoms with E-state index in [1.165, 1.54) is 9.13 Å². The molecule has 8 heteroatoms. The highest BCUT2D eigenvalue weighted by molar-refractivity contribution is 6.04. The van der Waals surface area contributed by atoms with Gasteiger partial charge in [-0.3, -0.25) is 14.4 Å². The third-order valence-corrected chi connectivity index (χ3v) is 4.94. The van der Waals surface area contributed by atoms with Gasteiger partial charge < -0.3 is 24.7 Å². The number of aromatic nitrogens is 2. The summed E-state index contributed by atoms with van der Waals surface area (Å²) in [5.74, 6) is -1.30. The van der Waals surface area contributed by atoms with Crippen LogP contribution in [0.1, 0.15) is 40.4 Å². The van der Waals surface area contributed by atoms with Crippen LogP contribution in [0.3, 0.4) is 0 Å². The quantitative estimate of drug-likeness (QED) is 0.535. The number of Topliss-reactive ketones (excluding diaryl/α,β-unsaturated/α-hetero) is 1. The Morgan fingerprint density at radius 1 is 1.17 bits per heavy atom. The van der Waals surface area contributed by atoms with Crippen LogP contribution in [-0.2, 0) is 13.6 Å². The van der Waals surface area contributed by atoms with Gasteiger partial charge in [-0.05, 0) is 26.8 Å². The molecule has 0 atom stereocenters. The van der Waals surface area contributed by atoms with Crippen molar-refractivity contribution in [3.8, 4) is 5.75 Å². The highest BCUT2D eigenvalue weighted by Crippen LogP contribution is 2.29. The Hall–Kier alpha value is -3.39. The minimum absolute atomic E-state index is 0.0262. The van der Waals surface area contributed by atoms with Crippen LogP contribution in [0.5, 0.6) is 5.75 Å². The van der Waals surface area contributed by atoms with Gasteiger partial charge in [0.25, 0.3) is 11.5 Å². The molecule has 0 aliphatic heterocycles. The molecule has 0 spiro atoms. The molecule has 0 unspecified atom stereocenters. The summed E-state index contributed by atoms with van der Waals surface area (Å²) in [5.41, 5.74) is -0.376. The van der Waals surface area contributed by atoms with E-state index in [2.05, 4.69) is 5.32 Å². The second-order valence-corrected chi connectivity index (χ2v) is 7.98. The van der Waals surface area contributed by atoms with Gasteiger partial charge in [0.15, 0.2) is 11.5 Å². The van der Waals surface area contributed by atoms with Crippen molar-refractivity contribution >= 4 is 22.6 Å². The van der Waals surface area contributed by atoms with Crippen molar-refractivity contribution in [1.82, 2.24) is 14.5 Å². The van der Waals surface area contributed by atoms with E-state index in [9.17, 15) is 24.6 Å². The van der Waals surface area contributed by atoms with Gasteiger partial charge in [0.05, 0.1) is 17.7 Å². The smallest absolute Gasteiger partial charge is 0.271 e. The summed E-state index contributed by atoms with van der Waals surface area (Å²) in [6.07, 6.45) is 0. The maximum Gasteiger partial charge on any atom is 0.271 e. The fourth-order valence-corrected chi connectivity index (χ4v) is 3.33. The Balaban J connectivity index is 2.05. The number of hydrogen-bond acceptors (Lipinski definition) is 5. The molecule has 0 radical (unpaired) electrons. The number of nitrogens with zero attached hydrogens (tertiary/aromatic N) is 2. The van der Waals surface area contributed by atoms with Crippen molar-refractivity contribution in [1.29, 1.82) is 0 Å². The van der Waals surface area contributed by atoms with E-state index in [0.29, 0.717) is 16.8 Å². The zero-order valence-corrected chi connectivity index (χ0v) is 17.4. The molecule has 0 aliphatic carbocycles. The molecule has 0 saturated carbocycles. The number of pyridine rings is 1. The van der Waals surface area contributed by atoms with E-state index < -0.39 is 22.8 Å². The largest absolute Gasteiger partial charge is 0.505 e. The Bertz CT molecular complexity index is 1180. The molecule has 2 heterocycles. The van der Waals surface area contributed by atoms with E-state index >= 15 is 0 Å². The number of carbonyl (C=O) groups excluding carboxylic acids is 2. The fourth-order valence-electron chi connectivity index (χ4n) is 3.33. The van der Waals surface area contributed by atoms with Crippen LogP contribution >= 0.6 is 0 Å². The average Bonchev–Trinajstić information content (AvgIpc) is 2.93. The van der Waals surface area contributed by atoms with Gasteiger partial charge in [-0.2, -0.15) is 0 Å². The molecule has 1 amide bonds. The molecule has 3 aromatic rings. The number of aromatic hydroxyl groups is 1. The van der Waals surface area contributed by atoms with Crippen LogP contribution in [0.25, 0.3) is 10.9 Å². The predicted molar refractivity (Wildman–Crippen MR) is 113 cm³/mol. The topological polar surface area (TPSA) is 114 Å². The standard InChI is InChI=1S/C22H25N3O5/c1-13-10-15-17(19(27)18(24(15)4)20(28)23-12-22(2,3)30)21(29)25(13)11-16(26)14-8-6-5-7-9-14/h5-10,27,30H,11-12H2,1-4H3,(H,23,28). The maximum atomic E-state index is 13.1. The molecule has 0 bridgehead atoms. The number of rotatable bonds is 6. The molecule has 3 N–H and O–H groups in total. The van der Waals surface area contributed by atoms with Crippen molar-refractivity contribution < 1.29 is 19.8 Å². The normalized spacial score (nSPS) is 11.6. The number of aliphatic hydroxyl groups is 1. The van der Waals surface area contributed by atoms with E-state index in [1.54, 1.807) is 64.2 Å². The summed E-state index contributed by atoms with van der Waals surface area (Å²) in [4.78, 5) is 38.3. The van der Waals surface area contributed by atoms with Crippen molar-refractivity contribution in [2.75, 3.05) is 6.54 Å². The van der Waals surface area contributed by atoms with Crippen LogP contribution in [0.2, 0.25) is 0 Å². The molecular formula is C22H25N3O5. The SMILES string of the molecule is Cc1cc2c(c(O)c(C(=O)NCC(C)(C)O)n2C)c(=O)n1CC(=O)c1ccccc1. The van der Waals surface area contributed by atoms with Gasteiger partial charge in [0.1, 0.15) is 11.1 Å². The molecule has 8 nitrogen and oxygen atoms in total. The van der Waals surface area contributed by atoms with Crippen molar-refractivity contribution in [3.63, 3.8) is 0 Å². The van der Waals surface area contributed by atoms with Gasteiger partial charge >= 0.3 is 0 Å². The average molecular weight is 411 g/mol. The maximum absolute atomic E-state index is 13.1. The highest BCUT2D eigenvalue weighted by Gasteiger charge is 2.26. The second kappa shape index (κ2) is 7.79. The van der Waals surface area contributed by atoms with Crippen molar-refractivity contribution in [3.05, 3.63) is 63.7 Å². The highest BCUT2D eigenvalue weighted by atomic mass is 16.3. The molecule has 158 valence electrons. The lowest BCUT2D eigenvalue weighted by Gasteiger charge is -2.17. The molecule has 0 saturated heterocycles. The molecule has 30 heavy (non-hydrogen) atoms. The van der Waals surface area contributed by atoms with E-state index in [4.69, 9.17) is 0 Å². The van der Waals surface area contributed by atoms with Crippen LogP contribution in [-0.4, -0.2) is 43.2 Å². The lowest BCUT2D eigenvalue weighted by atomic mass is 10.1. The first kappa shape index (κ1) is 21.3. The number of amides is 1. The zero-order chi connectivity index (χ0) is 22.2. The number of fused-ring (bicyclic) bond motifs is 1. The number of carbonyl (C=O) groups is 2. The van der Waals surface area contributed by atoms with Gasteiger partial charge in [-0.1, -0.05) is 30.3 Å². The zero-order valence-electron chi connectivity index (χ0n) is 17.4. The third kappa shape index (κ3) is 3.99. The summed E-state index contributed by atoms with van der Waals surface area (Å²) in [5, 5.41) is 23.0. The monoisotopic (exact) mass is 411 g/mol. The van der Waals surface area contributed by atoms with E-state index in [0.717, 1.165) is 0 Å². The van der Waals surface area contributed by atoms with E-state index in [1.807, 2.05) is 0 Å². The van der Waals surface area contributed by atoms with Crippen LogP contribution in [0, 0.1) is 6.92 Å². The minimum atomic E-state index is -1.13. The molecule has 1 aromatic carbocycles. The number of benzene rings is 1. The van der Waals surface area contributed by atoms with Crippen LogP contribution < -0.4 is 10.9 Å². The summed E-state index contributed by atoms with van der Waals surface area (Å²) in [6.45, 7) is 4.57. The predicted octanol–water partition coefficient (Wildman–Crippen LogP) is 1.74. The van der Waals surface area contributed by atoms with Crippen molar-refractivity contribution in [2.45, 2.75) is 32.9 Å². The van der Waals surface area contributed by atoms with E-state index in [-0.39, 0.29) is 30.0 Å². The first-order valence-electron chi connectivity index (χ1n) is 9.52. The number of hydrogen-bond donors (Lipinski definition) is 3. The van der Waals surface area contributed by atoms with Crippen LogP contribution in [0.15, 0.2) is 41.2 Å². The number of ketones is 1. The number of aryl methyl sites for hydroxylation is 2. The summed E-state index contributed by atoms with van der Waals surface area (Å²) in [7, 11) is 1.57. The fraction of sp³-hybridized carbons (Fsp3) is 0.318. The number of nitrogens with one attached hydrogen (secondary N) is 1. The Labute approximate surface area is 173 Å². The molecular weight excluding hydrogens is 386 g/mol. The first-order chi connectivity index (χ1) is 14.0. The molecule has 0 fully saturated rings. The summed E-state index contributed by atoms with van der Waals surface area (Å²) in [6, 6.07) is 10.3. The van der Waals surface area contributed by atoms with Gasteiger partial charge in [-0.25, -0.2) is 0 Å². The molecule has 2 aromatic heterocycles. The Morgan fingerprint density at radius 2 is 1.80 bits per heavy atom. The Kier molecular flexibility index (Phi) is 5.54. The van der Waals surface area contributed by atoms with Gasteiger partial charge in [-0.15, -0.1) is 0 Å². The van der Waals surface area contributed by atoms with Gasteiger partial charge in [0.2, 0.25) is 0 Å².